The molecule has 0 aliphatic heterocycles. The normalized spacial score (nSPS) is 16.9. The third-order valence-electron chi connectivity index (χ3n) is 4.97. The zero-order valence-electron chi connectivity index (χ0n) is 17.3. The van der Waals surface area contributed by atoms with E-state index in [0.717, 1.165) is 29.7 Å². The maximum Gasteiger partial charge on any atom is 0.387 e. The van der Waals surface area contributed by atoms with Gasteiger partial charge in [0, 0.05) is 30.9 Å². The highest BCUT2D eigenvalue weighted by Crippen LogP contribution is 2.32. The number of anilines is 1. The summed E-state index contributed by atoms with van der Waals surface area (Å²) >= 11 is 0. The minimum Gasteiger partial charge on any atom is -0.493 e. The van der Waals surface area contributed by atoms with Gasteiger partial charge in [0.2, 0.25) is 0 Å². The van der Waals surface area contributed by atoms with Crippen molar-refractivity contribution in [3.63, 3.8) is 0 Å². The van der Waals surface area contributed by atoms with Gasteiger partial charge >= 0.3 is 6.61 Å². The van der Waals surface area contributed by atoms with E-state index in [9.17, 15) is 13.6 Å². The third-order valence-corrected chi connectivity index (χ3v) is 4.97. The Bertz CT molecular complexity index is 963. The van der Waals surface area contributed by atoms with E-state index in [1.54, 1.807) is 18.2 Å². The van der Waals surface area contributed by atoms with E-state index < -0.39 is 6.61 Å². The van der Waals surface area contributed by atoms with Gasteiger partial charge in [0.1, 0.15) is 0 Å². The minimum absolute atomic E-state index is 0.0183. The molecule has 1 saturated carbocycles. The summed E-state index contributed by atoms with van der Waals surface area (Å²) in [5, 5.41) is 0. The zero-order valence-corrected chi connectivity index (χ0v) is 17.3. The lowest BCUT2D eigenvalue weighted by molar-refractivity contribution is -0.112. The summed E-state index contributed by atoms with van der Waals surface area (Å²) in [4.78, 5) is 15.0. The van der Waals surface area contributed by atoms with E-state index in [-0.39, 0.29) is 17.3 Å². The van der Waals surface area contributed by atoms with Crippen molar-refractivity contribution in [3.05, 3.63) is 64.7 Å². The van der Waals surface area contributed by atoms with Crippen LogP contribution in [-0.4, -0.2) is 33.6 Å². The number of nitrogens with zero attached hydrogens (tertiary/aromatic N) is 1. The third kappa shape index (κ3) is 5.26. The van der Waals surface area contributed by atoms with Crippen molar-refractivity contribution in [3.8, 4) is 11.5 Å². The molecule has 0 unspecified atom stereocenters. The fourth-order valence-electron chi connectivity index (χ4n) is 3.42. The summed E-state index contributed by atoms with van der Waals surface area (Å²) in [6.45, 7) is -2.93. The van der Waals surface area contributed by atoms with Crippen LogP contribution in [0.5, 0.6) is 11.5 Å². The first kappa shape index (κ1) is 21.6. The van der Waals surface area contributed by atoms with E-state index in [0.29, 0.717) is 17.6 Å². The molecule has 0 bridgehead atoms. The smallest absolute Gasteiger partial charge is 0.387 e. The monoisotopic (exact) mass is 413 g/mol. The van der Waals surface area contributed by atoms with E-state index in [1.165, 1.54) is 13.2 Å². The minimum atomic E-state index is -2.93. The maximum absolute atomic E-state index is 13.0. The number of allylic oxidation sites excluding steroid dienone is 2. The molecule has 0 spiro atoms. The Morgan fingerprint density at radius 2 is 1.53 bits per heavy atom. The first-order valence-electron chi connectivity index (χ1n) is 9.73. The van der Waals surface area contributed by atoms with Crippen LogP contribution in [0.25, 0.3) is 12.2 Å². The molecular formula is C24H25F2NO3. The summed E-state index contributed by atoms with van der Waals surface area (Å²) in [6, 6.07) is 12.7. The Morgan fingerprint density at radius 1 is 0.933 bits per heavy atom. The van der Waals surface area contributed by atoms with Crippen molar-refractivity contribution < 1.29 is 23.0 Å². The molecule has 158 valence electrons. The van der Waals surface area contributed by atoms with Gasteiger partial charge in [-0.3, -0.25) is 4.79 Å². The second-order valence-corrected chi connectivity index (χ2v) is 7.30. The average molecular weight is 413 g/mol. The molecular weight excluding hydrogens is 388 g/mol. The maximum atomic E-state index is 13.0. The number of carbonyl (C=O) groups is 1. The molecule has 4 nitrogen and oxygen atoms in total. The van der Waals surface area contributed by atoms with Crippen LogP contribution in [0.3, 0.4) is 0 Å². The van der Waals surface area contributed by atoms with Crippen LogP contribution in [-0.2, 0) is 4.79 Å². The Labute approximate surface area is 175 Å². The Balaban J connectivity index is 1.83. The lowest BCUT2D eigenvalue weighted by atomic mass is 9.87. The van der Waals surface area contributed by atoms with Crippen molar-refractivity contribution in [2.75, 3.05) is 26.1 Å². The Morgan fingerprint density at radius 3 is 2.10 bits per heavy atom. The number of hydrogen-bond acceptors (Lipinski definition) is 4. The molecule has 1 aliphatic carbocycles. The van der Waals surface area contributed by atoms with Crippen LogP contribution >= 0.6 is 0 Å². The highest BCUT2D eigenvalue weighted by molar-refractivity contribution is 6.14. The number of ether oxygens (including phenoxy) is 2. The van der Waals surface area contributed by atoms with E-state index in [2.05, 4.69) is 4.74 Å². The molecule has 30 heavy (non-hydrogen) atoms. The highest BCUT2D eigenvalue weighted by Gasteiger charge is 2.21. The van der Waals surface area contributed by atoms with Crippen LogP contribution in [0.2, 0.25) is 0 Å². The number of hydrogen-bond donors (Lipinski definition) is 0. The number of alkyl halides is 2. The van der Waals surface area contributed by atoms with Gasteiger partial charge in [0.15, 0.2) is 17.3 Å². The van der Waals surface area contributed by atoms with Crippen molar-refractivity contribution in [2.24, 2.45) is 0 Å². The van der Waals surface area contributed by atoms with Gasteiger partial charge in [-0.05, 0) is 66.8 Å². The second-order valence-electron chi connectivity index (χ2n) is 7.30. The Hall–Kier alpha value is -3.15. The van der Waals surface area contributed by atoms with E-state index >= 15 is 0 Å². The number of Topliss-reactive ketones (excluding diaryl/α,β-unsaturated/α-hetero) is 1. The molecule has 0 saturated heterocycles. The van der Waals surface area contributed by atoms with Gasteiger partial charge < -0.3 is 14.4 Å². The number of carbonyl (C=O) groups excluding carboxylic acids is 1. The largest absolute Gasteiger partial charge is 0.493 e. The quantitative estimate of drug-likeness (QED) is 0.580. The van der Waals surface area contributed by atoms with Gasteiger partial charge in [-0.15, -0.1) is 0 Å². The number of benzene rings is 2. The number of methoxy groups -OCH3 is 1. The summed E-state index contributed by atoms with van der Waals surface area (Å²) in [6.07, 6.45) is 6.01. The first-order chi connectivity index (χ1) is 14.4. The zero-order chi connectivity index (χ0) is 21.7. The van der Waals surface area contributed by atoms with Crippen LogP contribution in [0.15, 0.2) is 53.6 Å². The van der Waals surface area contributed by atoms with Crippen molar-refractivity contribution in [1.29, 1.82) is 0 Å². The van der Waals surface area contributed by atoms with E-state index in [4.69, 9.17) is 4.74 Å². The van der Waals surface area contributed by atoms with Gasteiger partial charge in [0.05, 0.1) is 7.11 Å². The fraction of sp³-hybridized carbons (Fsp3) is 0.292. The molecule has 0 radical (unpaired) electrons. The molecule has 0 atom stereocenters. The molecule has 2 aromatic rings. The van der Waals surface area contributed by atoms with Gasteiger partial charge in [0.25, 0.3) is 0 Å². The molecule has 0 amide bonds. The molecule has 0 heterocycles. The lowest BCUT2D eigenvalue weighted by Crippen LogP contribution is -2.12. The number of ketones is 1. The van der Waals surface area contributed by atoms with Crippen LogP contribution in [0.1, 0.15) is 30.4 Å². The van der Waals surface area contributed by atoms with Crippen LogP contribution < -0.4 is 14.4 Å². The van der Waals surface area contributed by atoms with Crippen molar-refractivity contribution in [2.45, 2.75) is 25.9 Å². The predicted octanol–water partition coefficient (Wildman–Crippen LogP) is 5.58. The van der Waals surface area contributed by atoms with Gasteiger partial charge in [-0.1, -0.05) is 18.2 Å². The van der Waals surface area contributed by atoms with Crippen molar-refractivity contribution >= 4 is 23.6 Å². The molecule has 6 heteroatoms. The molecule has 0 N–H and O–H groups in total. The van der Waals surface area contributed by atoms with Gasteiger partial charge in [-0.2, -0.15) is 8.78 Å². The Kier molecular flexibility index (Phi) is 6.87. The highest BCUT2D eigenvalue weighted by atomic mass is 19.3. The van der Waals surface area contributed by atoms with Crippen LogP contribution in [0.4, 0.5) is 14.5 Å². The molecule has 1 fully saturated rings. The van der Waals surface area contributed by atoms with E-state index in [1.807, 2.05) is 49.3 Å². The first-order valence-corrected chi connectivity index (χ1v) is 9.73. The molecule has 3 rings (SSSR count). The summed E-state index contributed by atoms with van der Waals surface area (Å²) in [7, 11) is 5.35. The second kappa shape index (κ2) is 9.57. The summed E-state index contributed by atoms with van der Waals surface area (Å²) in [5.41, 5.74) is 4.26. The standard InChI is InChI=1S/C24H25F2NO3/c1-27(2)20-10-7-16(8-11-20)13-18-5-4-6-19(23(18)28)14-17-9-12-21(30-24(25)26)22(15-17)29-3/h7-15,24H,4-6H2,1-3H3/b18-13+,19-14+. The molecule has 0 aromatic heterocycles. The lowest BCUT2D eigenvalue weighted by Gasteiger charge is -2.17. The fourth-order valence-corrected chi connectivity index (χ4v) is 3.42. The van der Waals surface area contributed by atoms with Gasteiger partial charge in [-0.25, -0.2) is 0 Å². The summed E-state index contributed by atoms with van der Waals surface area (Å²) in [5.74, 6) is 0.181. The van der Waals surface area contributed by atoms with Crippen LogP contribution in [0, 0.1) is 0 Å². The number of halogens is 2. The topological polar surface area (TPSA) is 38.8 Å². The SMILES string of the molecule is COc1cc(/C=C2\CCC/C(=C\c3ccc(N(C)C)cc3)C2=O)ccc1OC(F)F. The van der Waals surface area contributed by atoms with Crippen molar-refractivity contribution in [1.82, 2.24) is 0 Å². The summed E-state index contributed by atoms with van der Waals surface area (Å²) < 4.78 is 34.6. The number of rotatable bonds is 6. The average Bonchev–Trinajstić information content (AvgIpc) is 2.72. The molecule has 2 aromatic carbocycles. The molecule has 1 aliphatic rings. The predicted molar refractivity (Wildman–Crippen MR) is 115 cm³/mol.